The van der Waals surface area contributed by atoms with Gasteiger partial charge in [0, 0.05) is 16.9 Å². The van der Waals surface area contributed by atoms with Crippen molar-refractivity contribution in [1.29, 1.82) is 0 Å². The van der Waals surface area contributed by atoms with Crippen LogP contribution >= 0.6 is 11.6 Å². The van der Waals surface area contributed by atoms with Crippen molar-refractivity contribution < 1.29 is 33.4 Å². The van der Waals surface area contributed by atoms with Gasteiger partial charge in [0.05, 0.1) is 29.0 Å². The molecule has 11 heteroatoms. The normalized spacial score (nSPS) is 13.1. The average molecular weight is 590 g/mol. The van der Waals surface area contributed by atoms with Crippen LogP contribution in [0, 0.1) is 0 Å². The Bertz CT molecular complexity index is 1600. The smallest absolute Gasteiger partial charge is 0.338 e. The first-order valence-electron chi connectivity index (χ1n) is 13.0. The highest BCUT2D eigenvalue weighted by molar-refractivity contribution is 6.53. The van der Waals surface area contributed by atoms with Gasteiger partial charge in [0.1, 0.15) is 10.7 Å². The van der Waals surface area contributed by atoms with Crippen LogP contribution < -0.4 is 15.5 Å². The first kappa shape index (κ1) is 30.0. The number of ether oxygens (including phenoxy) is 2. The minimum atomic E-state index is -0.770. The molecule has 3 amide bonds. The summed E-state index contributed by atoms with van der Waals surface area (Å²) in [5, 5.41) is 5.24. The van der Waals surface area contributed by atoms with Crippen LogP contribution in [0.25, 0.3) is 0 Å². The number of rotatable bonds is 9. The highest BCUT2D eigenvalue weighted by atomic mass is 35.5. The molecule has 3 aromatic rings. The van der Waals surface area contributed by atoms with Gasteiger partial charge in [0.25, 0.3) is 17.7 Å². The lowest BCUT2D eigenvalue weighted by atomic mass is 10.1. The number of benzene rings is 3. The number of esters is 2. The van der Waals surface area contributed by atoms with Crippen LogP contribution in [0.15, 0.2) is 83.5 Å². The number of halogens is 1. The third kappa shape index (κ3) is 6.84. The Balaban J connectivity index is 1.47. The van der Waals surface area contributed by atoms with Gasteiger partial charge in [-0.1, -0.05) is 23.7 Å². The zero-order chi connectivity index (χ0) is 30.6. The van der Waals surface area contributed by atoms with Gasteiger partial charge in [0.2, 0.25) is 0 Å². The highest BCUT2D eigenvalue weighted by Crippen LogP contribution is 2.31. The highest BCUT2D eigenvalue weighted by Gasteiger charge is 2.39. The standard InChI is InChI=1S/C31H28ClN3O7/c1-17(2)41-30(39)19-11-13-22(14-12-19)34-27(36)20-7-5-9-23(15-20)33-26-25(32)28(37)35(29(26)38)24-10-6-8-21(16-24)31(40)42-18(3)4/h5-18,33H,1-4H3,(H,34,36). The van der Waals surface area contributed by atoms with Crippen LogP contribution in [0.4, 0.5) is 17.1 Å². The second-order valence-corrected chi connectivity index (χ2v) is 10.2. The molecule has 0 aliphatic carbocycles. The Kier molecular flexibility index (Phi) is 9.07. The van der Waals surface area contributed by atoms with Gasteiger partial charge in [0.15, 0.2) is 0 Å². The van der Waals surface area contributed by atoms with E-state index in [2.05, 4.69) is 10.6 Å². The lowest BCUT2D eigenvalue weighted by Crippen LogP contribution is -2.32. The third-order valence-electron chi connectivity index (χ3n) is 5.83. The number of carbonyl (C=O) groups excluding carboxylic acids is 5. The molecule has 3 aromatic carbocycles. The molecule has 10 nitrogen and oxygen atoms in total. The van der Waals surface area contributed by atoms with Crippen LogP contribution in [-0.4, -0.2) is 41.9 Å². The Morgan fingerprint density at radius 2 is 1.31 bits per heavy atom. The fraction of sp³-hybridized carbons (Fsp3) is 0.194. The van der Waals surface area contributed by atoms with Crippen molar-refractivity contribution in [3.05, 3.63) is 100 Å². The van der Waals surface area contributed by atoms with Gasteiger partial charge in [-0.3, -0.25) is 14.4 Å². The minimum absolute atomic E-state index is 0.148. The zero-order valence-electron chi connectivity index (χ0n) is 23.3. The summed E-state index contributed by atoms with van der Waals surface area (Å²) in [4.78, 5) is 64.3. The van der Waals surface area contributed by atoms with Gasteiger partial charge in [-0.25, -0.2) is 14.5 Å². The van der Waals surface area contributed by atoms with Crippen LogP contribution in [-0.2, 0) is 19.1 Å². The molecular weight excluding hydrogens is 562 g/mol. The van der Waals surface area contributed by atoms with E-state index in [9.17, 15) is 24.0 Å². The largest absolute Gasteiger partial charge is 0.459 e. The Morgan fingerprint density at radius 3 is 1.95 bits per heavy atom. The van der Waals surface area contributed by atoms with E-state index < -0.39 is 29.7 Å². The summed E-state index contributed by atoms with van der Waals surface area (Å²) in [6.45, 7) is 6.92. The van der Waals surface area contributed by atoms with Gasteiger partial charge in [-0.2, -0.15) is 0 Å². The van der Waals surface area contributed by atoms with E-state index in [1.54, 1.807) is 70.2 Å². The molecule has 42 heavy (non-hydrogen) atoms. The zero-order valence-corrected chi connectivity index (χ0v) is 24.0. The molecule has 0 atom stereocenters. The Labute approximate surface area is 247 Å². The molecule has 216 valence electrons. The van der Waals surface area contributed by atoms with Crippen LogP contribution in [0.5, 0.6) is 0 Å². The summed E-state index contributed by atoms with van der Waals surface area (Å²) in [7, 11) is 0. The van der Waals surface area contributed by atoms with Crippen LogP contribution in [0.3, 0.4) is 0 Å². The molecule has 4 rings (SSSR count). The predicted molar refractivity (Wildman–Crippen MR) is 157 cm³/mol. The number of nitrogens with zero attached hydrogens (tertiary/aromatic N) is 1. The topological polar surface area (TPSA) is 131 Å². The molecule has 1 aliphatic heterocycles. The first-order valence-corrected chi connectivity index (χ1v) is 13.4. The lowest BCUT2D eigenvalue weighted by Gasteiger charge is -2.16. The van der Waals surface area contributed by atoms with Crippen molar-refractivity contribution in [3.8, 4) is 0 Å². The molecule has 0 spiro atoms. The molecule has 0 aromatic heterocycles. The fourth-order valence-electron chi connectivity index (χ4n) is 3.96. The van der Waals surface area contributed by atoms with E-state index in [0.29, 0.717) is 16.9 Å². The molecule has 2 N–H and O–H groups in total. The van der Waals surface area contributed by atoms with Crippen molar-refractivity contribution in [2.75, 3.05) is 15.5 Å². The number of nitrogens with one attached hydrogen (secondary N) is 2. The summed E-state index contributed by atoms with van der Waals surface area (Å²) in [5.74, 6) is -3.01. The van der Waals surface area contributed by atoms with Crippen molar-refractivity contribution in [1.82, 2.24) is 0 Å². The van der Waals surface area contributed by atoms with Crippen molar-refractivity contribution >= 4 is 58.3 Å². The average Bonchev–Trinajstić information content (AvgIpc) is 3.15. The second kappa shape index (κ2) is 12.7. The number of anilines is 3. The summed E-state index contributed by atoms with van der Waals surface area (Å²) in [5.41, 5.74) is 1.53. The minimum Gasteiger partial charge on any atom is -0.459 e. The summed E-state index contributed by atoms with van der Waals surface area (Å²) < 4.78 is 10.4. The second-order valence-electron chi connectivity index (χ2n) is 9.83. The van der Waals surface area contributed by atoms with Crippen LogP contribution in [0.2, 0.25) is 0 Å². The maximum absolute atomic E-state index is 13.3. The molecule has 0 saturated heterocycles. The first-order chi connectivity index (χ1) is 19.9. The summed E-state index contributed by atoms with van der Waals surface area (Å²) in [6.07, 6.45) is -0.600. The quantitative estimate of drug-likeness (QED) is 0.247. The number of imide groups is 1. The van der Waals surface area contributed by atoms with E-state index in [1.165, 1.54) is 30.3 Å². The van der Waals surface area contributed by atoms with Gasteiger partial charge in [-0.15, -0.1) is 0 Å². The summed E-state index contributed by atoms with van der Waals surface area (Å²) >= 11 is 6.26. The van der Waals surface area contributed by atoms with Crippen molar-refractivity contribution in [3.63, 3.8) is 0 Å². The van der Waals surface area contributed by atoms with Gasteiger partial charge in [-0.05, 0) is 88.4 Å². The maximum Gasteiger partial charge on any atom is 0.338 e. The monoisotopic (exact) mass is 589 g/mol. The number of hydrogen-bond donors (Lipinski definition) is 2. The molecule has 1 aliphatic rings. The number of hydrogen-bond acceptors (Lipinski definition) is 8. The SMILES string of the molecule is CC(C)OC(=O)c1ccc(NC(=O)c2cccc(NC3=C(Cl)C(=O)N(c4cccc(C(=O)OC(C)C)c4)C3=O)c2)cc1. The van der Waals surface area contributed by atoms with E-state index in [1.807, 2.05) is 0 Å². The molecular formula is C31H28ClN3O7. The van der Waals surface area contributed by atoms with Gasteiger partial charge >= 0.3 is 11.9 Å². The van der Waals surface area contributed by atoms with E-state index in [0.717, 1.165) is 4.90 Å². The fourth-order valence-corrected chi connectivity index (χ4v) is 4.17. The molecule has 0 radical (unpaired) electrons. The van der Waals surface area contributed by atoms with E-state index >= 15 is 0 Å². The molecule has 0 saturated carbocycles. The number of amides is 3. The Hall–Kier alpha value is -4.96. The van der Waals surface area contributed by atoms with E-state index in [-0.39, 0.29) is 39.8 Å². The predicted octanol–water partition coefficient (Wildman–Crippen LogP) is 5.51. The summed E-state index contributed by atoms with van der Waals surface area (Å²) in [6, 6.07) is 18.4. The Morgan fingerprint density at radius 1 is 0.714 bits per heavy atom. The molecule has 1 heterocycles. The van der Waals surface area contributed by atoms with Crippen LogP contribution in [0.1, 0.15) is 58.8 Å². The van der Waals surface area contributed by atoms with Gasteiger partial charge < -0.3 is 20.1 Å². The molecule has 0 bridgehead atoms. The maximum atomic E-state index is 13.3. The van der Waals surface area contributed by atoms with Crippen molar-refractivity contribution in [2.45, 2.75) is 39.9 Å². The molecule has 0 unspecified atom stereocenters. The molecule has 0 fully saturated rings. The van der Waals surface area contributed by atoms with Crippen molar-refractivity contribution in [2.24, 2.45) is 0 Å². The van der Waals surface area contributed by atoms with E-state index in [4.69, 9.17) is 21.1 Å². The third-order valence-corrected chi connectivity index (χ3v) is 6.18. The number of carbonyl (C=O) groups is 5. The lowest BCUT2D eigenvalue weighted by molar-refractivity contribution is -0.120.